The average molecular weight is 298 g/mol. The Bertz CT molecular complexity index is 454. The van der Waals surface area contributed by atoms with Gasteiger partial charge in [-0.2, -0.15) is 0 Å². The highest BCUT2D eigenvalue weighted by Crippen LogP contribution is 2.27. The molecular weight excluding hydrogens is 280 g/mol. The van der Waals surface area contributed by atoms with Gasteiger partial charge in [0, 0.05) is 6.42 Å². The lowest BCUT2D eigenvalue weighted by Gasteiger charge is -2.10. The molecule has 1 amide bonds. The van der Waals surface area contributed by atoms with Crippen molar-refractivity contribution in [2.45, 2.75) is 45.4 Å². The molecule has 5 nitrogen and oxygen atoms in total. The minimum absolute atomic E-state index is 0.00960. The molecule has 0 saturated heterocycles. The Morgan fingerprint density at radius 2 is 2.16 bits per heavy atom. The molecule has 0 aliphatic heterocycles. The third-order valence-corrected chi connectivity index (χ3v) is 4.38. The molecule has 104 valence electrons. The Morgan fingerprint density at radius 3 is 2.79 bits per heavy atom. The van der Waals surface area contributed by atoms with Crippen LogP contribution >= 0.6 is 23.6 Å². The summed E-state index contributed by atoms with van der Waals surface area (Å²) in [5.74, 6) is 0.514. The van der Waals surface area contributed by atoms with Crippen molar-refractivity contribution in [3.8, 4) is 0 Å². The smallest absolute Gasteiger partial charge is 0.226 e. The molecule has 0 atom stereocenters. The third-order valence-electron chi connectivity index (χ3n) is 3.19. The van der Waals surface area contributed by atoms with E-state index in [9.17, 15) is 4.79 Å². The zero-order valence-corrected chi connectivity index (χ0v) is 12.6. The lowest BCUT2D eigenvalue weighted by atomic mass is 10.0. The summed E-state index contributed by atoms with van der Waals surface area (Å²) in [6.45, 7) is 2.02. The van der Waals surface area contributed by atoms with E-state index in [1.54, 1.807) is 0 Å². The first-order valence-corrected chi connectivity index (χ1v) is 7.83. The molecule has 0 aromatic carbocycles. The van der Waals surface area contributed by atoms with Gasteiger partial charge in [0.25, 0.3) is 0 Å². The van der Waals surface area contributed by atoms with Crippen LogP contribution in [0.4, 0.5) is 5.13 Å². The number of carbonyl (C=O) groups is 1. The van der Waals surface area contributed by atoms with Crippen LogP contribution in [0.1, 0.15) is 44.0 Å². The second kappa shape index (κ2) is 6.91. The van der Waals surface area contributed by atoms with Crippen molar-refractivity contribution >= 4 is 39.7 Å². The molecule has 0 unspecified atom stereocenters. The number of nitrogens with zero attached hydrogens (tertiary/aromatic N) is 2. The van der Waals surface area contributed by atoms with Gasteiger partial charge >= 0.3 is 0 Å². The van der Waals surface area contributed by atoms with Gasteiger partial charge in [-0.25, -0.2) is 0 Å². The highest BCUT2D eigenvalue weighted by molar-refractivity contribution is 7.80. The van der Waals surface area contributed by atoms with Crippen LogP contribution in [0.5, 0.6) is 0 Å². The molecule has 1 aliphatic carbocycles. The lowest BCUT2D eigenvalue weighted by molar-refractivity contribution is -0.120. The van der Waals surface area contributed by atoms with E-state index in [2.05, 4.69) is 20.8 Å². The first kappa shape index (κ1) is 14.3. The van der Waals surface area contributed by atoms with Crippen LogP contribution in [-0.2, 0) is 11.2 Å². The fraction of sp³-hybridized carbons (Fsp3) is 0.667. The summed E-state index contributed by atoms with van der Waals surface area (Å²) in [5, 5.41) is 15.4. The maximum Gasteiger partial charge on any atom is 0.226 e. The molecule has 1 aromatic heterocycles. The summed E-state index contributed by atoms with van der Waals surface area (Å²) in [4.78, 5) is 11.8. The SMILES string of the molecule is CCc1nnc(NC(=S)NC(=O)CC2CCCC2)s1. The Balaban J connectivity index is 1.75. The Kier molecular flexibility index (Phi) is 5.21. The van der Waals surface area contributed by atoms with Gasteiger partial charge in [-0.3, -0.25) is 4.79 Å². The van der Waals surface area contributed by atoms with E-state index in [0.29, 0.717) is 22.6 Å². The van der Waals surface area contributed by atoms with E-state index in [0.717, 1.165) is 24.3 Å². The van der Waals surface area contributed by atoms with E-state index >= 15 is 0 Å². The standard InChI is InChI=1S/C12H18N4OS2/c1-2-10-15-16-12(19-10)14-11(18)13-9(17)7-8-5-3-4-6-8/h8H,2-7H2,1H3,(H2,13,14,16,17,18). The van der Waals surface area contributed by atoms with Crippen molar-refractivity contribution < 1.29 is 4.79 Å². The molecule has 19 heavy (non-hydrogen) atoms. The summed E-state index contributed by atoms with van der Waals surface area (Å²) in [6, 6.07) is 0. The van der Waals surface area contributed by atoms with Crippen molar-refractivity contribution in [1.82, 2.24) is 15.5 Å². The predicted molar refractivity (Wildman–Crippen MR) is 80.2 cm³/mol. The number of aryl methyl sites for hydroxylation is 1. The predicted octanol–water partition coefficient (Wildman–Crippen LogP) is 2.49. The molecule has 0 radical (unpaired) electrons. The van der Waals surface area contributed by atoms with Crippen LogP contribution in [0.3, 0.4) is 0 Å². The second-order valence-electron chi connectivity index (χ2n) is 4.71. The quantitative estimate of drug-likeness (QED) is 0.836. The lowest BCUT2D eigenvalue weighted by Crippen LogP contribution is -2.34. The van der Waals surface area contributed by atoms with E-state index in [-0.39, 0.29) is 5.91 Å². The average Bonchev–Trinajstić information content (AvgIpc) is 3.00. The maximum absolute atomic E-state index is 11.8. The molecule has 1 aromatic rings. The minimum atomic E-state index is -0.00960. The van der Waals surface area contributed by atoms with Crippen LogP contribution in [0, 0.1) is 5.92 Å². The van der Waals surface area contributed by atoms with Crippen LogP contribution in [0.2, 0.25) is 0 Å². The molecule has 0 spiro atoms. The van der Waals surface area contributed by atoms with Gasteiger partial charge in [0.1, 0.15) is 5.01 Å². The number of thiocarbonyl (C=S) groups is 1. The van der Waals surface area contributed by atoms with E-state index in [1.807, 2.05) is 6.92 Å². The van der Waals surface area contributed by atoms with Crippen LogP contribution in [0.15, 0.2) is 0 Å². The molecule has 2 N–H and O–H groups in total. The number of carbonyl (C=O) groups excluding carboxylic acids is 1. The van der Waals surface area contributed by atoms with Crippen molar-refractivity contribution in [1.29, 1.82) is 0 Å². The number of aromatic nitrogens is 2. The van der Waals surface area contributed by atoms with Crippen LogP contribution in [-0.4, -0.2) is 21.2 Å². The third kappa shape index (κ3) is 4.50. The number of hydrogen-bond donors (Lipinski definition) is 2. The molecular formula is C12H18N4OS2. The summed E-state index contributed by atoms with van der Waals surface area (Å²) in [5.41, 5.74) is 0. The molecule has 1 fully saturated rings. The molecule has 7 heteroatoms. The Morgan fingerprint density at radius 1 is 1.42 bits per heavy atom. The molecule has 1 aliphatic rings. The van der Waals surface area contributed by atoms with Gasteiger partial charge < -0.3 is 10.6 Å². The Labute approximate surface area is 122 Å². The number of nitrogens with one attached hydrogen (secondary N) is 2. The molecule has 0 bridgehead atoms. The Hall–Kier alpha value is -1.08. The summed E-state index contributed by atoms with van der Waals surface area (Å²) in [6.07, 6.45) is 6.21. The summed E-state index contributed by atoms with van der Waals surface area (Å²) in [7, 11) is 0. The summed E-state index contributed by atoms with van der Waals surface area (Å²) < 4.78 is 0. The number of anilines is 1. The highest BCUT2D eigenvalue weighted by Gasteiger charge is 2.19. The van der Waals surface area contributed by atoms with Crippen LogP contribution < -0.4 is 10.6 Å². The van der Waals surface area contributed by atoms with Crippen LogP contribution in [0.25, 0.3) is 0 Å². The number of hydrogen-bond acceptors (Lipinski definition) is 5. The minimum Gasteiger partial charge on any atom is -0.307 e. The zero-order valence-electron chi connectivity index (χ0n) is 10.9. The first-order valence-electron chi connectivity index (χ1n) is 6.60. The van der Waals surface area contributed by atoms with Gasteiger partial charge in [-0.1, -0.05) is 31.1 Å². The topological polar surface area (TPSA) is 66.9 Å². The maximum atomic E-state index is 11.8. The first-order chi connectivity index (χ1) is 9.17. The molecule has 1 saturated carbocycles. The second-order valence-corrected chi connectivity index (χ2v) is 6.18. The monoisotopic (exact) mass is 298 g/mol. The van der Waals surface area contributed by atoms with E-state index < -0.39 is 0 Å². The van der Waals surface area contributed by atoms with E-state index in [1.165, 1.54) is 24.2 Å². The number of amides is 1. The largest absolute Gasteiger partial charge is 0.307 e. The fourth-order valence-corrected chi connectivity index (χ4v) is 3.19. The normalized spacial score (nSPS) is 15.4. The molecule has 1 heterocycles. The fourth-order valence-electron chi connectivity index (χ4n) is 2.23. The van der Waals surface area contributed by atoms with Gasteiger partial charge in [0.05, 0.1) is 0 Å². The highest BCUT2D eigenvalue weighted by atomic mass is 32.1. The van der Waals surface area contributed by atoms with Gasteiger partial charge in [0.2, 0.25) is 11.0 Å². The van der Waals surface area contributed by atoms with E-state index in [4.69, 9.17) is 12.2 Å². The van der Waals surface area contributed by atoms with Gasteiger partial charge in [-0.05, 0) is 37.4 Å². The van der Waals surface area contributed by atoms with Crippen molar-refractivity contribution in [2.75, 3.05) is 5.32 Å². The van der Waals surface area contributed by atoms with Crippen molar-refractivity contribution in [3.05, 3.63) is 5.01 Å². The molecule has 2 rings (SSSR count). The summed E-state index contributed by atoms with van der Waals surface area (Å²) >= 11 is 6.54. The van der Waals surface area contributed by atoms with Crippen molar-refractivity contribution in [2.24, 2.45) is 5.92 Å². The van der Waals surface area contributed by atoms with Gasteiger partial charge in [0.15, 0.2) is 5.11 Å². The number of rotatable bonds is 4. The van der Waals surface area contributed by atoms with Crippen molar-refractivity contribution in [3.63, 3.8) is 0 Å². The zero-order chi connectivity index (χ0) is 13.7. The van der Waals surface area contributed by atoms with Gasteiger partial charge in [-0.15, -0.1) is 10.2 Å².